The third-order valence-corrected chi connectivity index (χ3v) is 3.75. The molecule has 0 fully saturated rings. The Hall–Kier alpha value is -1.68. The van der Waals surface area contributed by atoms with Gasteiger partial charge < -0.3 is 10.5 Å². The van der Waals surface area contributed by atoms with E-state index in [2.05, 4.69) is 11.2 Å². The molecule has 0 aliphatic rings. The molecular weight excluding hydrogens is 274 g/mol. The van der Waals surface area contributed by atoms with E-state index >= 15 is 0 Å². The summed E-state index contributed by atoms with van der Waals surface area (Å²) in [5.74, 6) is 0.716. The van der Waals surface area contributed by atoms with E-state index in [1.807, 2.05) is 38.4 Å². The normalized spacial score (nSPS) is 10.8. The summed E-state index contributed by atoms with van der Waals surface area (Å²) in [6, 6.07) is 3.96. The molecule has 0 atom stereocenters. The van der Waals surface area contributed by atoms with Gasteiger partial charge in [0.2, 0.25) is 0 Å². The zero-order chi connectivity index (χ0) is 14.9. The molecular formula is C15H20ClN3O. The van der Waals surface area contributed by atoms with E-state index in [-0.39, 0.29) is 0 Å². The number of hydrogen-bond acceptors (Lipinski definition) is 3. The SMILES string of the molecule is CCn1nc(C)c(Cl)c1COc1c(C)cc(C)cc1N. The first kappa shape index (κ1) is 14.7. The molecule has 0 spiro atoms. The summed E-state index contributed by atoms with van der Waals surface area (Å²) in [6.07, 6.45) is 0. The molecule has 2 rings (SSSR count). The first-order valence-corrected chi connectivity index (χ1v) is 7.03. The average Bonchev–Trinajstić information content (AvgIpc) is 2.64. The van der Waals surface area contributed by atoms with Gasteiger partial charge in [-0.15, -0.1) is 0 Å². The number of aromatic nitrogens is 2. The Morgan fingerprint density at radius 1 is 1.30 bits per heavy atom. The second-order valence-electron chi connectivity index (χ2n) is 4.95. The van der Waals surface area contributed by atoms with Gasteiger partial charge in [0.1, 0.15) is 12.4 Å². The van der Waals surface area contributed by atoms with Crippen LogP contribution in [0.3, 0.4) is 0 Å². The molecule has 0 radical (unpaired) electrons. The van der Waals surface area contributed by atoms with Crippen molar-refractivity contribution in [1.29, 1.82) is 0 Å². The molecule has 20 heavy (non-hydrogen) atoms. The van der Waals surface area contributed by atoms with E-state index in [0.29, 0.717) is 23.1 Å². The third kappa shape index (κ3) is 2.75. The Morgan fingerprint density at radius 3 is 2.60 bits per heavy atom. The highest BCUT2D eigenvalue weighted by Crippen LogP contribution is 2.29. The zero-order valence-corrected chi connectivity index (χ0v) is 13.1. The number of hydrogen-bond donors (Lipinski definition) is 1. The van der Waals surface area contributed by atoms with Crippen molar-refractivity contribution in [3.8, 4) is 5.75 Å². The summed E-state index contributed by atoms with van der Waals surface area (Å²) >= 11 is 6.27. The van der Waals surface area contributed by atoms with Gasteiger partial charge in [-0.3, -0.25) is 4.68 Å². The molecule has 0 saturated carbocycles. The molecule has 0 aliphatic heterocycles. The van der Waals surface area contributed by atoms with Gasteiger partial charge in [-0.05, 0) is 44.9 Å². The molecule has 4 nitrogen and oxygen atoms in total. The van der Waals surface area contributed by atoms with Crippen molar-refractivity contribution >= 4 is 17.3 Å². The van der Waals surface area contributed by atoms with Crippen LogP contribution in [-0.4, -0.2) is 9.78 Å². The predicted octanol–water partition coefficient (Wildman–Crippen LogP) is 3.64. The Labute approximate surface area is 124 Å². The molecule has 0 unspecified atom stereocenters. The number of aryl methyl sites for hydroxylation is 4. The Balaban J connectivity index is 2.26. The smallest absolute Gasteiger partial charge is 0.145 e. The summed E-state index contributed by atoms with van der Waals surface area (Å²) in [5, 5.41) is 5.04. The van der Waals surface area contributed by atoms with Gasteiger partial charge in [0.15, 0.2) is 0 Å². The van der Waals surface area contributed by atoms with Crippen LogP contribution in [0.1, 0.15) is 29.4 Å². The zero-order valence-electron chi connectivity index (χ0n) is 12.3. The van der Waals surface area contributed by atoms with Gasteiger partial charge in [-0.25, -0.2) is 0 Å². The van der Waals surface area contributed by atoms with Crippen molar-refractivity contribution in [2.45, 2.75) is 40.8 Å². The lowest BCUT2D eigenvalue weighted by molar-refractivity contribution is 0.292. The number of nitrogen functional groups attached to an aromatic ring is 1. The summed E-state index contributed by atoms with van der Waals surface area (Å²) in [7, 11) is 0. The van der Waals surface area contributed by atoms with Crippen LogP contribution < -0.4 is 10.5 Å². The van der Waals surface area contributed by atoms with Gasteiger partial charge >= 0.3 is 0 Å². The number of anilines is 1. The van der Waals surface area contributed by atoms with Gasteiger partial charge in [0.25, 0.3) is 0 Å². The van der Waals surface area contributed by atoms with E-state index in [9.17, 15) is 0 Å². The molecule has 0 aliphatic carbocycles. The fourth-order valence-corrected chi connectivity index (χ4v) is 2.52. The van der Waals surface area contributed by atoms with Crippen LogP contribution in [0.5, 0.6) is 5.75 Å². The quantitative estimate of drug-likeness (QED) is 0.876. The van der Waals surface area contributed by atoms with Crippen LogP contribution in [0.2, 0.25) is 5.02 Å². The predicted molar refractivity (Wildman–Crippen MR) is 82.3 cm³/mol. The van der Waals surface area contributed by atoms with E-state index in [1.165, 1.54) is 0 Å². The summed E-state index contributed by atoms with van der Waals surface area (Å²) in [5.41, 5.74) is 10.5. The van der Waals surface area contributed by atoms with Crippen molar-refractivity contribution in [3.63, 3.8) is 0 Å². The lowest BCUT2D eigenvalue weighted by Crippen LogP contribution is -2.08. The number of rotatable bonds is 4. The Morgan fingerprint density at radius 2 is 2.00 bits per heavy atom. The largest absolute Gasteiger partial charge is 0.485 e. The van der Waals surface area contributed by atoms with Crippen molar-refractivity contribution in [2.75, 3.05) is 5.73 Å². The second-order valence-corrected chi connectivity index (χ2v) is 5.33. The Kier molecular flexibility index (Phi) is 4.23. The number of halogens is 1. The highest BCUT2D eigenvalue weighted by molar-refractivity contribution is 6.31. The van der Waals surface area contributed by atoms with Gasteiger partial charge in [-0.2, -0.15) is 5.10 Å². The van der Waals surface area contributed by atoms with Crippen LogP contribution in [-0.2, 0) is 13.2 Å². The molecule has 1 aromatic carbocycles. The first-order chi connectivity index (χ1) is 9.43. The fraction of sp³-hybridized carbons (Fsp3) is 0.400. The fourth-order valence-electron chi connectivity index (χ4n) is 2.33. The van der Waals surface area contributed by atoms with Crippen LogP contribution in [0.25, 0.3) is 0 Å². The minimum absolute atomic E-state index is 0.363. The molecule has 0 amide bonds. The standard InChI is InChI=1S/C15H20ClN3O/c1-5-19-13(14(16)11(4)18-19)8-20-15-10(3)6-9(2)7-12(15)17/h6-7H,5,8,17H2,1-4H3. The molecule has 0 saturated heterocycles. The summed E-state index contributed by atoms with van der Waals surface area (Å²) < 4.78 is 7.73. The molecule has 1 heterocycles. The van der Waals surface area contributed by atoms with E-state index in [1.54, 1.807) is 0 Å². The highest BCUT2D eigenvalue weighted by Gasteiger charge is 2.14. The number of nitrogens with zero attached hydrogens (tertiary/aromatic N) is 2. The van der Waals surface area contributed by atoms with Crippen molar-refractivity contribution in [1.82, 2.24) is 9.78 Å². The molecule has 2 aromatic rings. The number of ether oxygens (including phenoxy) is 1. The minimum Gasteiger partial charge on any atom is -0.485 e. The van der Waals surface area contributed by atoms with Crippen molar-refractivity contribution in [3.05, 3.63) is 39.7 Å². The molecule has 2 N–H and O–H groups in total. The van der Waals surface area contributed by atoms with Crippen LogP contribution in [0, 0.1) is 20.8 Å². The van der Waals surface area contributed by atoms with Crippen LogP contribution in [0.4, 0.5) is 5.69 Å². The van der Waals surface area contributed by atoms with E-state index in [4.69, 9.17) is 22.1 Å². The molecule has 108 valence electrons. The monoisotopic (exact) mass is 293 g/mol. The lowest BCUT2D eigenvalue weighted by atomic mass is 10.1. The average molecular weight is 294 g/mol. The van der Waals surface area contributed by atoms with Crippen molar-refractivity contribution in [2.24, 2.45) is 0 Å². The maximum Gasteiger partial charge on any atom is 0.145 e. The van der Waals surface area contributed by atoms with E-state index in [0.717, 1.165) is 29.1 Å². The minimum atomic E-state index is 0.363. The van der Waals surface area contributed by atoms with Crippen LogP contribution in [0.15, 0.2) is 12.1 Å². The van der Waals surface area contributed by atoms with Gasteiger partial charge in [-0.1, -0.05) is 17.7 Å². The number of benzene rings is 1. The van der Waals surface area contributed by atoms with Gasteiger partial charge in [0, 0.05) is 6.54 Å². The highest BCUT2D eigenvalue weighted by atomic mass is 35.5. The molecule has 0 bridgehead atoms. The van der Waals surface area contributed by atoms with Crippen molar-refractivity contribution < 1.29 is 4.74 Å². The third-order valence-electron chi connectivity index (χ3n) is 3.25. The van der Waals surface area contributed by atoms with Gasteiger partial charge in [0.05, 0.1) is 22.1 Å². The second kappa shape index (κ2) is 5.75. The lowest BCUT2D eigenvalue weighted by Gasteiger charge is -2.13. The summed E-state index contributed by atoms with van der Waals surface area (Å²) in [6.45, 7) is 9.04. The molecule has 5 heteroatoms. The summed E-state index contributed by atoms with van der Waals surface area (Å²) in [4.78, 5) is 0. The topological polar surface area (TPSA) is 53.1 Å². The first-order valence-electron chi connectivity index (χ1n) is 6.65. The van der Waals surface area contributed by atoms with Crippen LogP contribution >= 0.6 is 11.6 Å². The maximum absolute atomic E-state index is 6.27. The van der Waals surface area contributed by atoms with E-state index < -0.39 is 0 Å². The maximum atomic E-state index is 6.27. The molecule has 1 aromatic heterocycles. The Bertz CT molecular complexity index is 611. The number of nitrogens with two attached hydrogens (primary N) is 1.